The number of ether oxygens (including phenoxy) is 1. The third kappa shape index (κ3) is 2.54. The lowest BCUT2D eigenvalue weighted by molar-refractivity contribution is 0.0600. The summed E-state index contributed by atoms with van der Waals surface area (Å²) in [6.45, 7) is 0. The Hall–Kier alpha value is -3.41. The van der Waals surface area contributed by atoms with Crippen LogP contribution in [0.1, 0.15) is 26.3 Å². The summed E-state index contributed by atoms with van der Waals surface area (Å²) in [5.74, 6) is -1.52. The molecule has 0 saturated carbocycles. The number of hydrogen-bond donors (Lipinski definition) is 2. The van der Waals surface area contributed by atoms with Gasteiger partial charge in [0.15, 0.2) is 0 Å². The van der Waals surface area contributed by atoms with Crippen LogP contribution in [0, 0.1) is 0 Å². The van der Waals surface area contributed by atoms with Crippen LogP contribution in [0.2, 0.25) is 0 Å². The minimum absolute atomic E-state index is 0.179. The van der Waals surface area contributed by atoms with Crippen LogP contribution < -0.4 is 5.56 Å². The van der Waals surface area contributed by atoms with E-state index in [4.69, 9.17) is 0 Å². The van der Waals surface area contributed by atoms with Gasteiger partial charge in [-0.1, -0.05) is 24.3 Å². The molecule has 6 heteroatoms. The number of pyridine rings is 1. The second kappa shape index (κ2) is 6.00. The Morgan fingerprint density at radius 3 is 2.29 bits per heavy atom. The van der Waals surface area contributed by atoms with Gasteiger partial charge in [-0.15, -0.1) is 0 Å². The van der Waals surface area contributed by atoms with Crippen LogP contribution in [-0.2, 0) is 4.74 Å². The van der Waals surface area contributed by atoms with E-state index < -0.39 is 17.3 Å². The first-order valence-electron chi connectivity index (χ1n) is 7.10. The SMILES string of the molecule is COC(=O)c1ccc(C(=O)c2c(O)c3ccccc3[nH]c2=O)cc1. The molecule has 2 aromatic carbocycles. The highest BCUT2D eigenvalue weighted by atomic mass is 16.5. The molecule has 3 rings (SSSR count). The number of benzene rings is 2. The number of aromatic amines is 1. The number of para-hydroxylation sites is 1. The molecule has 0 radical (unpaired) electrons. The van der Waals surface area contributed by atoms with Gasteiger partial charge >= 0.3 is 5.97 Å². The number of ketones is 1. The fraction of sp³-hybridized carbons (Fsp3) is 0.0556. The molecule has 6 nitrogen and oxygen atoms in total. The van der Waals surface area contributed by atoms with Crippen molar-refractivity contribution in [1.29, 1.82) is 0 Å². The molecule has 3 aromatic rings. The summed E-state index contributed by atoms with van der Waals surface area (Å²) >= 11 is 0. The Morgan fingerprint density at radius 1 is 1.00 bits per heavy atom. The third-order valence-electron chi connectivity index (χ3n) is 3.69. The zero-order valence-corrected chi connectivity index (χ0v) is 12.7. The van der Waals surface area contributed by atoms with Gasteiger partial charge in [-0.2, -0.15) is 0 Å². The molecule has 0 aliphatic carbocycles. The predicted octanol–water partition coefficient (Wildman–Crippen LogP) is 2.25. The Balaban J connectivity index is 2.09. The highest BCUT2D eigenvalue weighted by molar-refractivity contribution is 6.13. The third-order valence-corrected chi connectivity index (χ3v) is 3.69. The van der Waals surface area contributed by atoms with E-state index in [1.807, 2.05) is 0 Å². The molecule has 0 spiro atoms. The van der Waals surface area contributed by atoms with E-state index in [0.29, 0.717) is 10.9 Å². The molecule has 0 aliphatic heterocycles. The molecule has 0 unspecified atom stereocenters. The van der Waals surface area contributed by atoms with Crippen molar-refractivity contribution in [1.82, 2.24) is 4.98 Å². The molecule has 0 fully saturated rings. The van der Waals surface area contributed by atoms with Crippen molar-refractivity contribution in [3.8, 4) is 5.75 Å². The zero-order chi connectivity index (χ0) is 17.3. The van der Waals surface area contributed by atoms with E-state index in [1.54, 1.807) is 24.3 Å². The van der Waals surface area contributed by atoms with E-state index >= 15 is 0 Å². The summed E-state index contributed by atoms with van der Waals surface area (Å²) in [4.78, 5) is 38.8. The maximum absolute atomic E-state index is 12.6. The first kappa shape index (κ1) is 15.5. The van der Waals surface area contributed by atoms with E-state index in [2.05, 4.69) is 9.72 Å². The van der Waals surface area contributed by atoms with Crippen LogP contribution in [-0.4, -0.2) is 29.0 Å². The number of aromatic nitrogens is 1. The number of methoxy groups -OCH3 is 1. The fourth-order valence-electron chi connectivity index (χ4n) is 2.46. The van der Waals surface area contributed by atoms with Gasteiger partial charge in [-0.3, -0.25) is 9.59 Å². The van der Waals surface area contributed by atoms with Crippen molar-refractivity contribution in [2.24, 2.45) is 0 Å². The number of hydrogen-bond acceptors (Lipinski definition) is 5. The normalized spacial score (nSPS) is 10.5. The number of aromatic hydroxyl groups is 1. The second-order valence-corrected chi connectivity index (χ2v) is 5.12. The first-order chi connectivity index (χ1) is 11.5. The average Bonchev–Trinajstić information content (AvgIpc) is 2.61. The Bertz CT molecular complexity index is 1000. The summed E-state index contributed by atoms with van der Waals surface area (Å²) in [7, 11) is 1.26. The summed E-state index contributed by atoms with van der Waals surface area (Å²) in [6, 6.07) is 12.3. The summed E-state index contributed by atoms with van der Waals surface area (Å²) in [5.41, 5.74) is -0.102. The van der Waals surface area contributed by atoms with Gasteiger partial charge < -0.3 is 14.8 Å². The standard InChI is InChI=1S/C18H13NO5/c1-24-18(23)11-8-6-10(7-9-11)15(20)14-16(21)12-4-2-3-5-13(12)19-17(14)22/h2-9H,1H3,(H2,19,21,22). The number of fused-ring (bicyclic) bond motifs is 1. The second-order valence-electron chi connectivity index (χ2n) is 5.12. The number of nitrogens with one attached hydrogen (secondary N) is 1. The highest BCUT2D eigenvalue weighted by Gasteiger charge is 2.20. The van der Waals surface area contributed by atoms with Gasteiger partial charge in [0.2, 0.25) is 5.78 Å². The Morgan fingerprint density at radius 2 is 1.62 bits per heavy atom. The van der Waals surface area contributed by atoms with Crippen molar-refractivity contribution < 1.29 is 19.4 Å². The van der Waals surface area contributed by atoms with Gasteiger partial charge in [0.05, 0.1) is 18.2 Å². The van der Waals surface area contributed by atoms with Crippen LogP contribution in [0.15, 0.2) is 53.3 Å². The summed E-state index contributed by atoms with van der Waals surface area (Å²) in [6.07, 6.45) is 0. The lowest BCUT2D eigenvalue weighted by Crippen LogP contribution is -2.19. The molecule has 24 heavy (non-hydrogen) atoms. The number of carbonyl (C=O) groups excluding carboxylic acids is 2. The molecule has 0 bridgehead atoms. The predicted molar refractivity (Wildman–Crippen MR) is 87.4 cm³/mol. The Labute approximate surface area is 136 Å². The number of H-pyrrole nitrogens is 1. The quantitative estimate of drug-likeness (QED) is 0.569. The highest BCUT2D eigenvalue weighted by Crippen LogP contribution is 2.26. The molecule has 2 N–H and O–H groups in total. The summed E-state index contributed by atoms with van der Waals surface area (Å²) < 4.78 is 4.59. The van der Waals surface area contributed by atoms with Crippen LogP contribution in [0.25, 0.3) is 10.9 Å². The average molecular weight is 323 g/mol. The maximum atomic E-state index is 12.6. The smallest absolute Gasteiger partial charge is 0.337 e. The molecule has 1 heterocycles. The van der Waals surface area contributed by atoms with Crippen molar-refractivity contribution in [2.75, 3.05) is 7.11 Å². The Kier molecular flexibility index (Phi) is 3.87. The minimum atomic E-state index is -0.673. The molecule has 0 saturated heterocycles. The van der Waals surface area contributed by atoms with Gasteiger partial charge in [0.25, 0.3) is 5.56 Å². The molecule has 120 valence electrons. The molecule has 0 amide bonds. The van der Waals surface area contributed by atoms with Crippen LogP contribution in [0.4, 0.5) is 0 Å². The van der Waals surface area contributed by atoms with Crippen molar-refractivity contribution in [3.63, 3.8) is 0 Å². The number of rotatable bonds is 3. The minimum Gasteiger partial charge on any atom is -0.506 e. The number of esters is 1. The van der Waals surface area contributed by atoms with Gasteiger partial charge in [0, 0.05) is 10.9 Å². The van der Waals surface area contributed by atoms with E-state index in [9.17, 15) is 19.5 Å². The topological polar surface area (TPSA) is 96.5 Å². The molecular weight excluding hydrogens is 310 g/mol. The van der Waals surface area contributed by atoms with Crippen LogP contribution in [0.5, 0.6) is 5.75 Å². The van der Waals surface area contributed by atoms with Gasteiger partial charge in [0.1, 0.15) is 11.3 Å². The molecule has 1 aromatic heterocycles. The van der Waals surface area contributed by atoms with E-state index in [1.165, 1.54) is 31.4 Å². The lowest BCUT2D eigenvalue weighted by atomic mass is 10.0. The van der Waals surface area contributed by atoms with Crippen molar-refractivity contribution in [3.05, 3.63) is 75.6 Å². The first-order valence-corrected chi connectivity index (χ1v) is 7.10. The van der Waals surface area contributed by atoms with Gasteiger partial charge in [-0.25, -0.2) is 4.79 Å². The zero-order valence-electron chi connectivity index (χ0n) is 12.7. The molecule has 0 aliphatic rings. The molecular formula is C18H13NO5. The summed E-state index contributed by atoms with van der Waals surface area (Å²) in [5, 5.41) is 10.7. The number of carbonyl (C=O) groups is 2. The van der Waals surface area contributed by atoms with E-state index in [-0.39, 0.29) is 22.4 Å². The van der Waals surface area contributed by atoms with Crippen molar-refractivity contribution in [2.45, 2.75) is 0 Å². The van der Waals surface area contributed by atoms with Crippen LogP contribution >= 0.6 is 0 Å². The van der Waals surface area contributed by atoms with Gasteiger partial charge in [-0.05, 0) is 24.3 Å². The lowest BCUT2D eigenvalue weighted by Gasteiger charge is -2.07. The van der Waals surface area contributed by atoms with E-state index in [0.717, 1.165) is 0 Å². The largest absolute Gasteiger partial charge is 0.506 e. The monoisotopic (exact) mass is 323 g/mol. The van der Waals surface area contributed by atoms with Crippen molar-refractivity contribution >= 4 is 22.7 Å². The van der Waals surface area contributed by atoms with Crippen LogP contribution in [0.3, 0.4) is 0 Å². The fourth-order valence-corrected chi connectivity index (χ4v) is 2.46. The maximum Gasteiger partial charge on any atom is 0.337 e. The molecule has 0 atom stereocenters.